The number of aryl methyl sites for hydroxylation is 1. The number of carbonyl (C=O) groups excluding carboxylic acids is 1. The van der Waals surface area contributed by atoms with Crippen LogP contribution in [0.25, 0.3) is 21.9 Å². The summed E-state index contributed by atoms with van der Waals surface area (Å²) in [5.74, 6) is 6.61. The molecular weight excluding hydrogens is 380 g/mol. The van der Waals surface area contributed by atoms with Crippen LogP contribution in [0.3, 0.4) is 0 Å². The van der Waals surface area contributed by atoms with Crippen LogP contribution in [0, 0.1) is 18.8 Å². The summed E-state index contributed by atoms with van der Waals surface area (Å²) in [4.78, 5) is 38.6. The Hall–Kier alpha value is -3.99. The highest BCUT2D eigenvalue weighted by molar-refractivity contribution is 6.02. The number of aromatic nitrogens is 5. The molecule has 8 heteroatoms. The van der Waals surface area contributed by atoms with Gasteiger partial charge in [0, 0.05) is 23.2 Å². The summed E-state index contributed by atoms with van der Waals surface area (Å²) in [7, 11) is 0. The minimum Gasteiger partial charge on any atom is -0.365 e. The Morgan fingerprint density at radius 3 is 2.73 bits per heavy atom. The third-order valence-electron chi connectivity index (χ3n) is 4.81. The van der Waals surface area contributed by atoms with Gasteiger partial charge >= 0.3 is 0 Å². The topological polar surface area (TPSA) is 120 Å². The first-order valence-corrected chi connectivity index (χ1v) is 9.49. The maximum Gasteiger partial charge on any atom is 0.263 e. The number of carbonyl (C=O) groups is 1. The maximum atomic E-state index is 11.8. The highest BCUT2D eigenvalue weighted by atomic mass is 16.2. The summed E-state index contributed by atoms with van der Waals surface area (Å²) in [6, 6.07) is 6.11. The van der Waals surface area contributed by atoms with Crippen molar-refractivity contribution in [3.05, 3.63) is 63.7 Å². The molecule has 0 saturated heterocycles. The lowest BCUT2D eigenvalue weighted by Gasteiger charge is -2.12. The van der Waals surface area contributed by atoms with Crippen LogP contribution in [0.4, 0.5) is 0 Å². The van der Waals surface area contributed by atoms with Crippen molar-refractivity contribution in [2.45, 2.75) is 33.2 Å². The second-order valence-electron chi connectivity index (χ2n) is 7.26. The Balaban J connectivity index is 1.71. The van der Waals surface area contributed by atoms with Gasteiger partial charge < -0.3 is 15.3 Å². The largest absolute Gasteiger partial charge is 0.365 e. The van der Waals surface area contributed by atoms with Crippen LogP contribution in [0.1, 0.15) is 47.5 Å². The lowest BCUT2D eigenvalue weighted by atomic mass is 10.1. The monoisotopic (exact) mass is 400 g/mol. The number of aromatic amines is 1. The SMILES string of the molecule is Cc1nc2cnc3ccc(C#CCc4ncc(C(N)=O)c(=O)[nH]4)cc3c2n1C(C)C. The molecule has 0 radical (unpaired) electrons. The minimum absolute atomic E-state index is 0.171. The van der Waals surface area contributed by atoms with E-state index in [0.717, 1.165) is 33.3 Å². The van der Waals surface area contributed by atoms with Crippen molar-refractivity contribution in [2.24, 2.45) is 5.73 Å². The zero-order valence-electron chi connectivity index (χ0n) is 16.9. The molecule has 0 aliphatic heterocycles. The fourth-order valence-corrected chi connectivity index (χ4v) is 3.53. The Morgan fingerprint density at radius 2 is 2.03 bits per heavy atom. The van der Waals surface area contributed by atoms with Crippen LogP contribution in [-0.4, -0.2) is 30.4 Å². The predicted octanol–water partition coefficient (Wildman–Crippen LogP) is 2.25. The summed E-state index contributed by atoms with van der Waals surface area (Å²) in [6.45, 7) is 6.25. The number of benzene rings is 1. The van der Waals surface area contributed by atoms with Gasteiger partial charge in [-0.25, -0.2) is 9.97 Å². The second-order valence-corrected chi connectivity index (χ2v) is 7.26. The average molecular weight is 400 g/mol. The summed E-state index contributed by atoms with van der Waals surface area (Å²) in [5, 5.41) is 0.992. The Kier molecular flexibility index (Phi) is 4.80. The summed E-state index contributed by atoms with van der Waals surface area (Å²) in [6.07, 6.45) is 3.20. The summed E-state index contributed by atoms with van der Waals surface area (Å²) in [5.41, 5.74) is 7.98. The Morgan fingerprint density at radius 1 is 1.23 bits per heavy atom. The number of hydrogen-bond donors (Lipinski definition) is 2. The average Bonchev–Trinajstić information content (AvgIpc) is 3.04. The number of pyridine rings is 1. The number of H-pyrrole nitrogens is 1. The molecule has 0 unspecified atom stereocenters. The number of amides is 1. The molecule has 4 rings (SSSR count). The van der Waals surface area contributed by atoms with Crippen molar-refractivity contribution in [1.29, 1.82) is 0 Å². The van der Waals surface area contributed by atoms with Gasteiger partial charge in [0.1, 0.15) is 22.7 Å². The molecule has 3 aromatic heterocycles. The predicted molar refractivity (Wildman–Crippen MR) is 114 cm³/mol. The first kappa shape index (κ1) is 19.3. The van der Waals surface area contributed by atoms with E-state index in [2.05, 4.69) is 50.2 Å². The fourth-order valence-electron chi connectivity index (χ4n) is 3.53. The van der Waals surface area contributed by atoms with Crippen molar-refractivity contribution in [3.63, 3.8) is 0 Å². The molecule has 0 aliphatic rings. The van der Waals surface area contributed by atoms with Crippen molar-refractivity contribution in [1.82, 2.24) is 24.5 Å². The third kappa shape index (κ3) is 3.42. The molecule has 4 aromatic rings. The molecule has 0 saturated carbocycles. The van der Waals surface area contributed by atoms with Gasteiger partial charge in [0.25, 0.3) is 11.5 Å². The van der Waals surface area contributed by atoms with Gasteiger partial charge in [0.2, 0.25) is 0 Å². The number of hydrogen-bond acceptors (Lipinski definition) is 5. The van der Waals surface area contributed by atoms with E-state index in [9.17, 15) is 9.59 Å². The van der Waals surface area contributed by atoms with E-state index < -0.39 is 11.5 Å². The first-order valence-electron chi connectivity index (χ1n) is 9.49. The van der Waals surface area contributed by atoms with Crippen LogP contribution in [0.5, 0.6) is 0 Å². The molecule has 0 spiro atoms. The number of nitrogens with one attached hydrogen (secondary N) is 1. The molecule has 1 aromatic carbocycles. The fraction of sp³-hybridized carbons (Fsp3) is 0.227. The lowest BCUT2D eigenvalue weighted by Crippen LogP contribution is -2.25. The standard InChI is InChI=1S/C22H20N6O2/c1-12(2)28-13(3)26-18-11-24-17-8-7-14(9-15(17)20(18)28)5-4-6-19-25-10-16(21(23)29)22(30)27-19/h7-12H,6H2,1-3H3,(H2,23,29)(H,25,27,30). The molecule has 150 valence electrons. The van der Waals surface area contributed by atoms with Crippen LogP contribution in [0.15, 0.2) is 35.4 Å². The minimum atomic E-state index is -0.812. The third-order valence-corrected chi connectivity index (χ3v) is 4.81. The van der Waals surface area contributed by atoms with Gasteiger partial charge in [-0.3, -0.25) is 14.6 Å². The van der Waals surface area contributed by atoms with Crippen molar-refractivity contribution < 1.29 is 4.79 Å². The van der Waals surface area contributed by atoms with Crippen LogP contribution in [-0.2, 0) is 6.42 Å². The van der Waals surface area contributed by atoms with Crippen LogP contribution < -0.4 is 11.3 Å². The molecule has 3 heterocycles. The molecule has 0 aliphatic carbocycles. The molecule has 1 amide bonds. The van der Waals surface area contributed by atoms with Crippen molar-refractivity contribution in [2.75, 3.05) is 0 Å². The number of nitrogens with two attached hydrogens (primary N) is 1. The van der Waals surface area contributed by atoms with Gasteiger partial charge in [-0.1, -0.05) is 11.8 Å². The highest BCUT2D eigenvalue weighted by Gasteiger charge is 2.14. The number of fused-ring (bicyclic) bond motifs is 3. The van der Waals surface area contributed by atoms with Gasteiger partial charge in [-0.05, 0) is 39.0 Å². The number of rotatable bonds is 3. The zero-order chi connectivity index (χ0) is 21.4. The smallest absolute Gasteiger partial charge is 0.263 e. The van der Waals surface area contributed by atoms with E-state index in [1.165, 1.54) is 6.20 Å². The van der Waals surface area contributed by atoms with E-state index in [1.54, 1.807) is 6.20 Å². The number of primary amides is 1. The highest BCUT2D eigenvalue weighted by Crippen LogP contribution is 2.28. The van der Waals surface area contributed by atoms with Gasteiger partial charge in [0.15, 0.2) is 0 Å². The Bertz CT molecular complexity index is 1420. The van der Waals surface area contributed by atoms with Crippen LogP contribution in [0.2, 0.25) is 0 Å². The summed E-state index contributed by atoms with van der Waals surface area (Å²) >= 11 is 0. The molecule has 30 heavy (non-hydrogen) atoms. The first-order chi connectivity index (χ1) is 14.3. The molecular formula is C22H20N6O2. The molecule has 0 atom stereocenters. The van der Waals surface area contributed by atoms with E-state index in [4.69, 9.17) is 5.73 Å². The molecule has 0 bridgehead atoms. The van der Waals surface area contributed by atoms with Crippen LogP contribution >= 0.6 is 0 Å². The summed E-state index contributed by atoms with van der Waals surface area (Å²) < 4.78 is 2.20. The quantitative estimate of drug-likeness (QED) is 0.511. The molecule has 8 nitrogen and oxygen atoms in total. The van der Waals surface area contributed by atoms with E-state index in [1.807, 2.05) is 25.1 Å². The number of imidazole rings is 1. The van der Waals surface area contributed by atoms with Gasteiger partial charge in [-0.2, -0.15) is 0 Å². The molecule has 3 N–H and O–H groups in total. The molecule has 0 fully saturated rings. The van der Waals surface area contributed by atoms with E-state index in [0.29, 0.717) is 5.82 Å². The Labute approximate surface area is 172 Å². The normalized spacial score (nSPS) is 11.1. The number of nitrogens with zero attached hydrogens (tertiary/aromatic N) is 4. The zero-order valence-corrected chi connectivity index (χ0v) is 16.9. The second kappa shape index (κ2) is 7.44. The van der Waals surface area contributed by atoms with Crippen molar-refractivity contribution >= 4 is 27.8 Å². The van der Waals surface area contributed by atoms with Gasteiger partial charge in [0.05, 0.1) is 23.7 Å². The van der Waals surface area contributed by atoms with Crippen molar-refractivity contribution in [3.8, 4) is 11.8 Å². The lowest BCUT2D eigenvalue weighted by molar-refractivity contribution is 0.0998. The van der Waals surface area contributed by atoms with E-state index >= 15 is 0 Å². The maximum absolute atomic E-state index is 11.8. The van der Waals surface area contributed by atoms with Gasteiger partial charge in [-0.15, -0.1) is 0 Å². The van der Waals surface area contributed by atoms with E-state index in [-0.39, 0.29) is 18.0 Å².